The van der Waals surface area contributed by atoms with Crippen molar-refractivity contribution in [2.24, 2.45) is 0 Å². The van der Waals surface area contributed by atoms with Crippen LogP contribution in [-0.2, 0) is 9.53 Å². The molecule has 0 spiro atoms. The number of carbonyl (C=O) groups is 1. The van der Waals surface area contributed by atoms with Gasteiger partial charge in [0, 0.05) is 28.6 Å². The Hall–Kier alpha value is -1.53. The maximum absolute atomic E-state index is 11.8. The number of rotatable bonds is 16. The SMILES string of the molecule is CCCCCCCCCCCSc1ncc(-c2ccc(S[C@H](C)C(=O)OCC)cc2)cn1. The van der Waals surface area contributed by atoms with Crippen LogP contribution in [0.4, 0.5) is 0 Å². The number of nitrogens with zero attached hydrogens (tertiary/aromatic N) is 2. The van der Waals surface area contributed by atoms with Crippen molar-refractivity contribution in [1.82, 2.24) is 9.97 Å². The molecular formula is C26H38N2O2S2. The number of thioether (sulfide) groups is 2. The summed E-state index contributed by atoms with van der Waals surface area (Å²) < 4.78 is 5.07. The van der Waals surface area contributed by atoms with Crippen LogP contribution in [0.1, 0.15) is 78.6 Å². The zero-order chi connectivity index (χ0) is 23.0. The third-order valence-corrected chi connectivity index (χ3v) is 7.28. The average molecular weight is 475 g/mol. The van der Waals surface area contributed by atoms with Gasteiger partial charge in [0.2, 0.25) is 0 Å². The van der Waals surface area contributed by atoms with E-state index in [0.29, 0.717) is 6.61 Å². The standard InChI is InChI=1S/C26H38N2O2S2/c1-4-6-7-8-9-10-11-12-13-18-31-26-27-19-23(20-28-26)22-14-16-24(17-15-22)32-21(3)25(29)30-5-2/h14-17,19-21H,4-13,18H2,1-3H3/t21-/m1/s1. The van der Waals surface area contributed by atoms with E-state index in [1.807, 2.05) is 50.5 Å². The molecule has 1 aromatic heterocycles. The lowest BCUT2D eigenvalue weighted by atomic mass is 10.1. The first kappa shape index (κ1) is 26.7. The van der Waals surface area contributed by atoms with Gasteiger partial charge in [0.25, 0.3) is 0 Å². The molecule has 1 atom stereocenters. The van der Waals surface area contributed by atoms with E-state index < -0.39 is 0 Å². The number of ether oxygens (including phenoxy) is 1. The lowest BCUT2D eigenvalue weighted by molar-refractivity contribution is -0.142. The van der Waals surface area contributed by atoms with Crippen molar-refractivity contribution in [3.8, 4) is 11.1 Å². The summed E-state index contributed by atoms with van der Waals surface area (Å²) >= 11 is 3.25. The molecule has 6 heteroatoms. The quantitative estimate of drug-likeness (QED) is 0.107. The van der Waals surface area contributed by atoms with Crippen LogP contribution >= 0.6 is 23.5 Å². The Labute approximate surface area is 202 Å². The molecule has 0 N–H and O–H groups in total. The van der Waals surface area contributed by atoms with E-state index in [4.69, 9.17) is 4.74 Å². The number of esters is 1. The summed E-state index contributed by atoms with van der Waals surface area (Å²) in [6.45, 7) is 6.38. The maximum atomic E-state index is 11.8. The third-order valence-electron chi connectivity index (χ3n) is 5.23. The Morgan fingerprint density at radius 1 is 0.875 bits per heavy atom. The number of hydrogen-bond acceptors (Lipinski definition) is 6. The van der Waals surface area contributed by atoms with Gasteiger partial charge in [0.1, 0.15) is 5.25 Å². The fourth-order valence-electron chi connectivity index (χ4n) is 3.35. The Balaban J connectivity index is 1.68. The minimum atomic E-state index is -0.216. The number of benzene rings is 1. The first-order valence-electron chi connectivity index (χ1n) is 12.0. The molecule has 0 radical (unpaired) electrons. The zero-order valence-corrected chi connectivity index (χ0v) is 21.5. The fraction of sp³-hybridized carbons (Fsp3) is 0.577. The van der Waals surface area contributed by atoms with Gasteiger partial charge in [-0.3, -0.25) is 4.79 Å². The molecule has 2 aromatic rings. The first-order valence-corrected chi connectivity index (χ1v) is 13.9. The highest BCUT2D eigenvalue weighted by Gasteiger charge is 2.15. The Kier molecular flexibility index (Phi) is 13.5. The van der Waals surface area contributed by atoms with Gasteiger partial charge in [0.15, 0.2) is 5.16 Å². The molecule has 0 aliphatic carbocycles. The normalized spacial score (nSPS) is 12.0. The molecule has 0 saturated carbocycles. The highest BCUT2D eigenvalue weighted by atomic mass is 32.2. The van der Waals surface area contributed by atoms with E-state index in [-0.39, 0.29) is 11.2 Å². The molecule has 0 aliphatic rings. The van der Waals surface area contributed by atoms with Gasteiger partial charge in [-0.1, -0.05) is 82.2 Å². The van der Waals surface area contributed by atoms with Gasteiger partial charge in [-0.2, -0.15) is 0 Å². The minimum absolute atomic E-state index is 0.175. The molecule has 0 saturated heterocycles. The zero-order valence-electron chi connectivity index (χ0n) is 19.8. The summed E-state index contributed by atoms with van der Waals surface area (Å²) in [6.07, 6.45) is 15.9. The first-order chi connectivity index (χ1) is 15.6. The molecule has 1 aromatic carbocycles. The van der Waals surface area contributed by atoms with Gasteiger partial charge in [-0.15, -0.1) is 11.8 Å². The predicted octanol–water partition coefficient (Wildman–Crippen LogP) is 7.81. The Morgan fingerprint density at radius 2 is 1.47 bits per heavy atom. The predicted molar refractivity (Wildman–Crippen MR) is 137 cm³/mol. The molecule has 1 heterocycles. The fourth-order valence-corrected chi connectivity index (χ4v) is 5.01. The molecule has 0 amide bonds. The second-order valence-electron chi connectivity index (χ2n) is 7.97. The minimum Gasteiger partial charge on any atom is -0.465 e. The topological polar surface area (TPSA) is 52.1 Å². The number of carbonyl (C=O) groups excluding carboxylic acids is 1. The second kappa shape index (κ2) is 16.1. The Morgan fingerprint density at radius 3 is 2.06 bits per heavy atom. The van der Waals surface area contributed by atoms with Gasteiger partial charge in [-0.05, 0) is 38.0 Å². The van der Waals surface area contributed by atoms with E-state index in [2.05, 4.69) is 16.9 Å². The van der Waals surface area contributed by atoms with Crippen LogP contribution in [0, 0.1) is 0 Å². The van der Waals surface area contributed by atoms with Gasteiger partial charge in [-0.25, -0.2) is 9.97 Å². The molecule has 2 rings (SSSR count). The molecule has 0 aliphatic heterocycles. The molecule has 4 nitrogen and oxygen atoms in total. The summed E-state index contributed by atoms with van der Waals surface area (Å²) in [5.41, 5.74) is 2.08. The second-order valence-corrected chi connectivity index (χ2v) is 10.4. The van der Waals surface area contributed by atoms with Crippen LogP contribution in [-0.4, -0.2) is 33.5 Å². The monoisotopic (exact) mass is 474 g/mol. The van der Waals surface area contributed by atoms with E-state index in [0.717, 1.165) is 26.9 Å². The summed E-state index contributed by atoms with van der Waals surface area (Å²) in [4.78, 5) is 21.9. The van der Waals surface area contributed by atoms with Crippen molar-refractivity contribution >= 4 is 29.5 Å². The summed E-state index contributed by atoms with van der Waals surface area (Å²) in [5, 5.41) is 0.634. The average Bonchev–Trinajstić information content (AvgIpc) is 2.81. The highest BCUT2D eigenvalue weighted by molar-refractivity contribution is 8.00. The Bertz CT molecular complexity index is 766. The van der Waals surface area contributed by atoms with Crippen molar-refractivity contribution in [2.45, 2.75) is 93.9 Å². The largest absolute Gasteiger partial charge is 0.465 e. The van der Waals surface area contributed by atoms with Crippen molar-refractivity contribution in [1.29, 1.82) is 0 Å². The highest BCUT2D eigenvalue weighted by Crippen LogP contribution is 2.27. The number of unbranched alkanes of at least 4 members (excludes halogenated alkanes) is 8. The molecular weight excluding hydrogens is 436 g/mol. The number of aromatic nitrogens is 2. The summed E-state index contributed by atoms with van der Waals surface area (Å²) in [5.74, 6) is 0.908. The van der Waals surface area contributed by atoms with E-state index in [1.54, 1.807) is 11.8 Å². The van der Waals surface area contributed by atoms with Crippen LogP contribution in [0.15, 0.2) is 46.7 Å². The molecule has 0 bridgehead atoms. The van der Waals surface area contributed by atoms with Gasteiger partial charge in [0.05, 0.1) is 6.61 Å². The van der Waals surface area contributed by atoms with E-state index in [9.17, 15) is 4.79 Å². The molecule has 0 unspecified atom stereocenters. The molecule has 176 valence electrons. The van der Waals surface area contributed by atoms with Crippen molar-refractivity contribution in [3.05, 3.63) is 36.7 Å². The van der Waals surface area contributed by atoms with Crippen LogP contribution in [0.5, 0.6) is 0 Å². The van der Waals surface area contributed by atoms with Crippen LogP contribution < -0.4 is 0 Å². The smallest absolute Gasteiger partial charge is 0.319 e. The van der Waals surface area contributed by atoms with Crippen LogP contribution in [0.3, 0.4) is 0 Å². The summed E-state index contributed by atoms with van der Waals surface area (Å²) in [7, 11) is 0. The van der Waals surface area contributed by atoms with Crippen molar-refractivity contribution < 1.29 is 9.53 Å². The van der Waals surface area contributed by atoms with E-state index in [1.165, 1.54) is 69.5 Å². The van der Waals surface area contributed by atoms with Crippen molar-refractivity contribution in [3.63, 3.8) is 0 Å². The van der Waals surface area contributed by atoms with Crippen LogP contribution in [0.25, 0.3) is 11.1 Å². The maximum Gasteiger partial charge on any atom is 0.319 e. The third kappa shape index (κ3) is 10.4. The van der Waals surface area contributed by atoms with Crippen molar-refractivity contribution in [2.75, 3.05) is 12.4 Å². The number of hydrogen-bond donors (Lipinski definition) is 0. The summed E-state index contributed by atoms with van der Waals surface area (Å²) in [6, 6.07) is 8.16. The van der Waals surface area contributed by atoms with E-state index >= 15 is 0 Å². The van der Waals surface area contributed by atoms with Gasteiger partial charge < -0.3 is 4.74 Å². The molecule has 0 fully saturated rings. The lowest BCUT2D eigenvalue weighted by Crippen LogP contribution is -2.16. The van der Waals surface area contributed by atoms with Gasteiger partial charge >= 0.3 is 5.97 Å². The van der Waals surface area contributed by atoms with Crippen LogP contribution in [0.2, 0.25) is 0 Å². The molecule has 32 heavy (non-hydrogen) atoms. The lowest BCUT2D eigenvalue weighted by Gasteiger charge is -2.10.